The fourth-order valence-corrected chi connectivity index (χ4v) is 3.84. The maximum Gasteiger partial charge on any atom is 0.324 e. The van der Waals surface area contributed by atoms with Crippen LogP contribution in [0.25, 0.3) is 11.0 Å². The number of fused-ring (bicyclic) bond motifs is 1. The monoisotopic (exact) mass is 452 g/mol. The van der Waals surface area contributed by atoms with Gasteiger partial charge in [-0.3, -0.25) is 10.1 Å². The minimum absolute atomic E-state index is 0.0760. The summed E-state index contributed by atoms with van der Waals surface area (Å²) in [4.78, 5) is 17.9. The summed E-state index contributed by atoms with van der Waals surface area (Å²) in [7, 11) is 0. The maximum absolute atomic E-state index is 12.0. The van der Waals surface area contributed by atoms with Gasteiger partial charge in [-0.05, 0) is 39.6 Å². The molecule has 34 heavy (non-hydrogen) atoms. The molecule has 168 valence electrons. The molecule has 5 aromatic rings. The first-order valence-corrected chi connectivity index (χ1v) is 10.6. The second kappa shape index (κ2) is 9.37. The van der Waals surface area contributed by atoms with Gasteiger partial charge >= 0.3 is 5.69 Å². The highest BCUT2D eigenvalue weighted by molar-refractivity contribution is 6.00. The first-order valence-electron chi connectivity index (χ1n) is 10.6. The Labute approximate surface area is 194 Å². The van der Waals surface area contributed by atoms with Gasteiger partial charge in [0.1, 0.15) is 11.5 Å². The van der Waals surface area contributed by atoms with Gasteiger partial charge in [-0.25, -0.2) is 9.61 Å². The van der Waals surface area contributed by atoms with Crippen molar-refractivity contribution >= 4 is 33.9 Å². The topological polar surface area (TPSA) is 110 Å². The van der Waals surface area contributed by atoms with E-state index in [0.717, 1.165) is 11.1 Å². The van der Waals surface area contributed by atoms with Crippen LogP contribution in [0.3, 0.4) is 0 Å². The van der Waals surface area contributed by atoms with Crippen molar-refractivity contribution in [2.24, 2.45) is 0 Å². The van der Waals surface area contributed by atoms with Gasteiger partial charge in [-0.2, -0.15) is 0 Å². The van der Waals surface area contributed by atoms with E-state index >= 15 is 0 Å². The Morgan fingerprint density at radius 1 is 0.853 bits per heavy atom. The molecular formula is C25H20N6O3. The van der Waals surface area contributed by atoms with Gasteiger partial charge in [0.15, 0.2) is 5.52 Å². The predicted molar refractivity (Wildman–Crippen MR) is 129 cm³/mol. The molecular weight excluding hydrogens is 432 g/mol. The summed E-state index contributed by atoms with van der Waals surface area (Å²) < 4.78 is 4.98. The largest absolute Gasteiger partial charge is 0.361 e. The third-order valence-electron chi connectivity index (χ3n) is 5.38. The van der Waals surface area contributed by atoms with Crippen molar-refractivity contribution in [1.29, 1.82) is 0 Å². The van der Waals surface area contributed by atoms with Crippen LogP contribution >= 0.6 is 0 Å². The Kier molecular flexibility index (Phi) is 5.81. The molecule has 0 saturated heterocycles. The summed E-state index contributed by atoms with van der Waals surface area (Å²) in [6.45, 7) is 1.11. The Hall–Kier alpha value is -4.79. The Morgan fingerprint density at radius 3 is 2.06 bits per heavy atom. The molecule has 3 aromatic carbocycles. The molecule has 0 saturated carbocycles. The van der Waals surface area contributed by atoms with Gasteiger partial charge < -0.3 is 10.2 Å². The number of nitro benzene ring substituents is 1. The molecule has 0 bridgehead atoms. The van der Waals surface area contributed by atoms with Crippen molar-refractivity contribution in [3.05, 3.63) is 112 Å². The molecule has 0 atom stereocenters. The molecule has 0 amide bonds. The van der Waals surface area contributed by atoms with Crippen molar-refractivity contribution in [2.75, 3.05) is 10.2 Å². The van der Waals surface area contributed by atoms with Crippen molar-refractivity contribution in [3.8, 4) is 0 Å². The van der Waals surface area contributed by atoms with Crippen LogP contribution in [-0.2, 0) is 13.1 Å². The van der Waals surface area contributed by atoms with Crippen LogP contribution in [-0.4, -0.2) is 20.2 Å². The van der Waals surface area contributed by atoms with Gasteiger partial charge in [-0.1, -0.05) is 66.7 Å². The zero-order valence-corrected chi connectivity index (χ0v) is 18.0. The Bertz CT molecular complexity index is 1370. The lowest BCUT2D eigenvalue weighted by Crippen LogP contribution is -2.22. The van der Waals surface area contributed by atoms with Crippen molar-refractivity contribution in [2.45, 2.75) is 13.1 Å². The quantitative estimate of drug-likeness (QED) is 0.244. The van der Waals surface area contributed by atoms with Gasteiger partial charge in [0.25, 0.3) is 0 Å². The molecule has 0 aliphatic heterocycles. The Morgan fingerprint density at radius 2 is 1.47 bits per heavy atom. The zero-order valence-electron chi connectivity index (χ0n) is 18.0. The highest BCUT2D eigenvalue weighted by atomic mass is 16.6. The number of anilines is 3. The van der Waals surface area contributed by atoms with Gasteiger partial charge in [0.05, 0.1) is 10.6 Å². The molecule has 2 heterocycles. The lowest BCUT2D eigenvalue weighted by atomic mass is 10.1. The lowest BCUT2D eigenvalue weighted by Gasteiger charge is -2.26. The van der Waals surface area contributed by atoms with Crippen LogP contribution in [0.1, 0.15) is 11.1 Å². The van der Waals surface area contributed by atoms with Crippen LogP contribution in [0.2, 0.25) is 0 Å². The fourth-order valence-electron chi connectivity index (χ4n) is 3.84. The van der Waals surface area contributed by atoms with Crippen LogP contribution in [0, 0.1) is 10.1 Å². The van der Waals surface area contributed by atoms with E-state index in [1.54, 1.807) is 30.5 Å². The minimum atomic E-state index is -0.486. The van der Waals surface area contributed by atoms with E-state index in [0.29, 0.717) is 30.1 Å². The van der Waals surface area contributed by atoms with Crippen molar-refractivity contribution in [3.63, 3.8) is 0 Å². The maximum atomic E-state index is 12.0. The number of benzene rings is 3. The molecule has 0 radical (unpaired) electrons. The summed E-state index contributed by atoms with van der Waals surface area (Å²) in [6.07, 6.45) is 1.61. The summed E-state index contributed by atoms with van der Waals surface area (Å²) in [5.74, 6) is 0.477. The average Bonchev–Trinajstić information content (AvgIpc) is 3.34. The number of pyridine rings is 1. The van der Waals surface area contributed by atoms with E-state index in [1.165, 1.54) is 0 Å². The smallest absolute Gasteiger partial charge is 0.324 e. The first-order chi connectivity index (χ1) is 16.7. The summed E-state index contributed by atoms with van der Waals surface area (Å²) in [6, 6.07) is 27.0. The van der Waals surface area contributed by atoms with Crippen LogP contribution in [0.4, 0.5) is 22.9 Å². The Balaban J connectivity index is 1.66. The molecule has 2 aromatic heterocycles. The second-order valence-electron chi connectivity index (χ2n) is 7.68. The second-order valence-corrected chi connectivity index (χ2v) is 7.68. The van der Waals surface area contributed by atoms with E-state index in [2.05, 4.69) is 25.5 Å². The highest BCUT2D eigenvalue weighted by Gasteiger charge is 2.28. The first kappa shape index (κ1) is 21.1. The van der Waals surface area contributed by atoms with Crippen molar-refractivity contribution < 1.29 is 9.55 Å². The van der Waals surface area contributed by atoms with Crippen LogP contribution in [0.5, 0.6) is 0 Å². The highest BCUT2D eigenvalue weighted by Crippen LogP contribution is 2.40. The van der Waals surface area contributed by atoms with Gasteiger partial charge in [-0.15, -0.1) is 0 Å². The molecule has 1 N–H and O–H groups in total. The third kappa shape index (κ3) is 4.40. The van der Waals surface area contributed by atoms with Gasteiger partial charge in [0.2, 0.25) is 5.52 Å². The van der Waals surface area contributed by atoms with E-state index in [9.17, 15) is 10.1 Å². The van der Waals surface area contributed by atoms with Crippen LogP contribution < -0.4 is 10.2 Å². The normalized spacial score (nSPS) is 10.8. The lowest BCUT2D eigenvalue weighted by molar-refractivity contribution is -0.382. The fraction of sp³-hybridized carbons (Fsp3) is 0.0800. The zero-order chi connectivity index (χ0) is 23.3. The number of nitrogens with zero attached hydrogens (tertiary/aromatic N) is 5. The number of hydrogen-bond donors (Lipinski definition) is 1. The van der Waals surface area contributed by atoms with E-state index in [-0.39, 0.29) is 16.9 Å². The number of hydrogen-bond acceptors (Lipinski definition) is 8. The van der Waals surface area contributed by atoms with E-state index < -0.39 is 4.92 Å². The molecule has 0 aliphatic carbocycles. The van der Waals surface area contributed by atoms with Gasteiger partial charge in [0, 0.05) is 19.3 Å². The number of nitro groups is 1. The number of nitrogens with one attached hydrogen (secondary N) is 1. The van der Waals surface area contributed by atoms with E-state index in [1.807, 2.05) is 60.7 Å². The molecule has 9 nitrogen and oxygen atoms in total. The van der Waals surface area contributed by atoms with Crippen molar-refractivity contribution in [1.82, 2.24) is 15.3 Å². The summed E-state index contributed by atoms with van der Waals surface area (Å²) in [5.41, 5.74) is 3.27. The SMILES string of the molecule is O=[N+]([O-])c1c(Nc2ccccn2)cc(N(Cc2ccccc2)Cc2ccccc2)c2nonc12. The molecule has 0 fully saturated rings. The third-order valence-corrected chi connectivity index (χ3v) is 5.38. The molecule has 0 aliphatic rings. The molecule has 5 rings (SSSR count). The van der Waals surface area contributed by atoms with E-state index in [4.69, 9.17) is 4.63 Å². The number of aromatic nitrogens is 3. The average molecular weight is 452 g/mol. The standard InChI is InChI=1S/C25H20N6O3/c32-31(33)25-20(27-22-13-7-8-14-26-22)15-21(23-24(25)29-34-28-23)30(16-18-9-3-1-4-10-18)17-19-11-5-2-6-12-19/h1-15H,16-17H2,(H,26,27). The van der Waals surface area contributed by atoms with Crippen LogP contribution in [0.15, 0.2) is 95.8 Å². The molecule has 0 unspecified atom stereocenters. The summed E-state index contributed by atoms with van der Waals surface area (Å²) in [5, 5.41) is 23.0. The number of rotatable bonds is 8. The summed E-state index contributed by atoms with van der Waals surface area (Å²) >= 11 is 0. The molecule has 9 heteroatoms. The minimum Gasteiger partial charge on any atom is -0.361 e. The predicted octanol–water partition coefficient (Wildman–Crippen LogP) is 5.48. The molecule has 0 spiro atoms.